The van der Waals surface area contributed by atoms with Gasteiger partial charge in [-0.05, 0) is 37.2 Å². The van der Waals surface area contributed by atoms with Crippen LogP contribution in [0.25, 0.3) is 11.1 Å². The summed E-state index contributed by atoms with van der Waals surface area (Å²) in [6.07, 6.45) is 4.04. The molecule has 0 saturated heterocycles. The number of carbonyl (C=O) groups excluding carboxylic acids is 1. The third kappa shape index (κ3) is 4.64. The van der Waals surface area contributed by atoms with Gasteiger partial charge >= 0.3 is 0 Å². The highest BCUT2D eigenvalue weighted by Gasteiger charge is 2.26. The van der Waals surface area contributed by atoms with Crippen LogP contribution in [0.4, 0.5) is 9.52 Å². The lowest BCUT2D eigenvalue weighted by atomic mass is 10.00. The number of rotatable bonds is 6. The number of ether oxygens (including phenoxy) is 2. The summed E-state index contributed by atoms with van der Waals surface area (Å²) in [5.41, 5.74) is 0.904. The van der Waals surface area contributed by atoms with E-state index in [1.165, 1.54) is 19.5 Å². The van der Waals surface area contributed by atoms with Crippen molar-refractivity contribution in [2.24, 2.45) is 0 Å². The summed E-state index contributed by atoms with van der Waals surface area (Å²) < 4.78 is 25.8. The zero-order chi connectivity index (χ0) is 22.8. The number of nitrogens with one attached hydrogen (secondary N) is 1. The molecule has 1 amide bonds. The van der Waals surface area contributed by atoms with Gasteiger partial charge in [0.2, 0.25) is 5.13 Å². The minimum Gasteiger partial charge on any atom is -0.494 e. The van der Waals surface area contributed by atoms with Crippen molar-refractivity contribution < 1.29 is 23.8 Å². The van der Waals surface area contributed by atoms with Gasteiger partial charge in [0.25, 0.3) is 11.1 Å². The van der Waals surface area contributed by atoms with Crippen molar-refractivity contribution in [1.29, 1.82) is 0 Å². The average molecular weight is 480 g/mol. The predicted molar refractivity (Wildman–Crippen MR) is 116 cm³/mol. The van der Waals surface area contributed by atoms with Gasteiger partial charge in [0.15, 0.2) is 11.0 Å². The monoisotopic (exact) mass is 479 g/mol. The van der Waals surface area contributed by atoms with Crippen LogP contribution >= 0.6 is 22.9 Å². The van der Waals surface area contributed by atoms with Crippen LogP contribution in [0.5, 0.6) is 10.9 Å². The summed E-state index contributed by atoms with van der Waals surface area (Å²) in [4.78, 5) is 20.9. The molecule has 0 aliphatic heterocycles. The van der Waals surface area contributed by atoms with Crippen molar-refractivity contribution in [2.45, 2.75) is 38.4 Å². The Labute approximate surface area is 191 Å². The molecule has 32 heavy (non-hydrogen) atoms. The Bertz CT molecular complexity index is 1160. The number of aliphatic hydroxyl groups excluding tert-OH is 1. The van der Waals surface area contributed by atoms with Crippen LogP contribution in [0.15, 0.2) is 18.5 Å². The lowest BCUT2D eigenvalue weighted by Gasteiger charge is -2.14. The van der Waals surface area contributed by atoms with Crippen LogP contribution in [0.3, 0.4) is 0 Å². The highest BCUT2D eigenvalue weighted by atomic mass is 35.5. The van der Waals surface area contributed by atoms with Crippen molar-refractivity contribution in [1.82, 2.24) is 20.2 Å². The molecule has 0 aromatic carbocycles. The highest BCUT2D eigenvalue weighted by Crippen LogP contribution is 2.37. The van der Waals surface area contributed by atoms with Crippen molar-refractivity contribution in [3.05, 3.63) is 40.7 Å². The summed E-state index contributed by atoms with van der Waals surface area (Å²) in [6.45, 7) is 1.71. The molecular formula is C20H19ClFN5O4S. The minimum absolute atomic E-state index is 0.00391. The molecule has 3 aromatic rings. The fourth-order valence-corrected chi connectivity index (χ4v) is 4.24. The van der Waals surface area contributed by atoms with E-state index in [4.69, 9.17) is 21.1 Å². The second-order valence-electron chi connectivity index (χ2n) is 7.21. The highest BCUT2D eigenvalue weighted by molar-refractivity contribution is 7.17. The topological polar surface area (TPSA) is 119 Å². The molecule has 4 rings (SSSR count). The molecule has 2 N–H and O–H groups in total. The van der Waals surface area contributed by atoms with Crippen molar-refractivity contribution >= 4 is 34.0 Å². The first-order valence-corrected chi connectivity index (χ1v) is 10.9. The summed E-state index contributed by atoms with van der Waals surface area (Å²) in [5, 5.41) is 20.3. The summed E-state index contributed by atoms with van der Waals surface area (Å²) in [6, 6.07) is 1.56. The van der Waals surface area contributed by atoms with Crippen LogP contribution < -0.4 is 14.8 Å². The van der Waals surface area contributed by atoms with E-state index in [0.29, 0.717) is 18.5 Å². The Hall–Kier alpha value is -2.89. The zero-order valence-electron chi connectivity index (χ0n) is 17.1. The molecule has 1 aliphatic carbocycles. The maximum absolute atomic E-state index is 14.9. The average Bonchev–Trinajstić information content (AvgIpc) is 3.38. The lowest BCUT2D eigenvalue weighted by Crippen LogP contribution is -2.14. The predicted octanol–water partition coefficient (Wildman–Crippen LogP) is 3.65. The molecule has 1 aliphatic rings. The number of anilines is 1. The lowest BCUT2D eigenvalue weighted by molar-refractivity contribution is 0.102. The van der Waals surface area contributed by atoms with Gasteiger partial charge in [0.1, 0.15) is 11.9 Å². The van der Waals surface area contributed by atoms with Crippen molar-refractivity contribution in [3.63, 3.8) is 0 Å². The molecule has 0 bridgehead atoms. The number of methoxy groups -OCH3 is 1. The normalized spacial score (nSPS) is 17.9. The number of nitrogens with zero attached hydrogens (tertiary/aromatic N) is 4. The van der Waals surface area contributed by atoms with E-state index >= 15 is 0 Å². The first kappa shape index (κ1) is 22.3. The standard InChI is InChI=1S/C20H19ClFN5O4S/c1-9-5-12(15-14(30-2)8-24-17(21)16(15)22)13(7-23-9)18(29)25-19-26-27-20(32-19)31-11-4-3-10(28)6-11/h5,7-8,10-11,28H,3-4,6H2,1-2H3,(H,25,26,29)/t10-,11-/m1/s1. The van der Waals surface area contributed by atoms with Crippen LogP contribution in [0.2, 0.25) is 5.15 Å². The number of aliphatic hydroxyl groups is 1. The van der Waals surface area contributed by atoms with E-state index in [1.54, 1.807) is 13.0 Å². The Morgan fingerprint density at radius 2 is 2.12 bits per heavy atom. The molecule has 0 spiro atoms. The fraction of sp³-hybridized carbons (Fsp3) is 0.350. The first-order valence-electron chi connectivity index (χ1n) is 9.70. The quantitative estimate of drug-likeness (QED) is 0.514. The number of hydrogen-bond donors (Lipinski definition) is 2. The second kappa shape index (κ2) is 9.31. The maximum atomic E-state index is 14.9. The molecule has 12 heteroatoms. The van der Waals surface area contributed by atoms with E-state index in [9.17, 15) is 14.3 Å². The summed E-state index contributed by atoms with van der Waals surface area (Å²) in [5.74, 6) is -1.26. The SMILES string of the molecule is COc1cnc(Cl)c(F)c1-c1cc(C)ncc1C(=O)Nc1nnc(O[C@@H]2CC[C@@H](O)C2)s1. The van der Waals surface area contributed by atoms with E-state index in [0.717, 1.165) is 17.8 Å². The number of amides is 1. The molecule has 0 unspecified atom stereocenters. The smallest absolute Gasteiger partial charge is 0.296 e. The molecular weight excluding hydrogens is 461 g/mol. The van der Waals surface area contributed by atoms with Crippen LogP contribution in [-0.4, -0.2) is 50.5 Å². The van der Waals surface area contributed by atoms with Crippen molar-refractivity contribution in [2.75, 3.05) is 12.4 Å². The molecule has 1 fully saturated rings. The van der Waals surface area contributed by atoms with Gasteiger partial charge in [0, 0.05) is 23.9 Å². The van der Waals surface area contributed by atoms with Gasteiger partial charge in [-0.1, -0.05) is 16.7 Å². The van der Waals surface area contributed by atoms with E-state index < -0.39 is 11.7 Å². The molecule has 9 nitrogen and oxygen atoms in total. The summed E-state index contributed by atoms with van der Waals surface area (Å²) >= 11 is 6.93. The first-order chi connectivity index (χ1) is 15.4. The van der Waals surface area contributed by atoms with Gasteiger partial charge in [-0.2, -0.15) is 0 Å². The Morgan fingerprint density at radius 1 is 1.31 bits per heavy atom. The zero-order valence-corrected chi connectivity index (χ0v) is 18.7. The number of halogens is 2. The number of pyridine rings is 2. The van der Waals surface area contributed by atoms with Gasteiger partial charge < -0.3 is 14.6 Å². The largest absolute Gasteiger partial charge is 0.494 e. The van der Waals surface area contributed by atoms with Gasteiger partial charge in [-0.3, -0.25) is 15.1 Å². The molecule has 1 saturated carbocycles. The molecule has 3 aromatic heterocycles. The van der Waals surface area contributed by atoms with Gasteiger partial charge in [-0.15, -0.1) is 5.10 Å². The van der Waals surface area contributed by atoms with Crippen LogP contribution in [0, 0.1) is 12.7 Å². The molecule has 0 radical (unpaired) electrons. The van der Waals surface area contributed by atoms with Crippen LogP contribution in [-0.2, 0) is 0 Å². The Kier molecular flexibility index (Phi) is 6.49. The van der Waals surface area contributed by atoms with Gasteiger partial charge in [0.05, 0.1) is 30.5 Å². The minimum atomic E-state index is -0.809. The third-order valence-corrected chi connectivity index (χ3v) is 5.96. The Morgan fingerprint density at radius 3 is 2.84 bits per heavy atom. The molecule has 168 valence electrons. The van der Waals surface area contributed by atoms with Crippen molar-refractivity contribution in [3.8, 4) is 22.1 Å². The Balaban J connectivity index is 1.60. The van der Waals surface area contributed by atoms with Gasteiger partial charge in [-0.25, -0.2) is 9.37 Å². The van der Waals surface area contributed by atoms with Crippen LogP contribution in [0.1, 0.15) is 35.3 Å². The number of aryl methyl sites for hydroxylation is 1. The number of hydrogen-bond acceptors (Lipinski definition) is 9. The molecule has 2 atom stereocenters. The fourth-order valence-electron chi connectivity index (χ4n) is 3.44. The van der Waals surface area contributed by atoms with E-state index in [1.807, 2.05) is 0 Å². The number of carbonyl (C=O) groups is 1. The number of aromatic nitrogens is 4. The van der Waals surface area contributed by atoms with E-state index in [2.05, 4.69) is 25.5 Å². The van der Waals surface area contributed by atoms with E-state index in [-0.39, 0.29) is 50.1 Å². The second-order valence-corrected chi connectivity index (χ2v) is 8.51. The third-order valence-electron chi connectivity index (χ3n) is 4.97. The maximum Gasteiger partial charge on any atom is 0.296 e. The molecule has 3 heterocycles. The summed E-state index contributed by atoms with van der Waals surface area (Å²) in [7, 11) is 1.37.